The Bertz CT molecular complexity index is 519. The van der Waals surface area contributed by atoms with E-state index in [4.69, 9.17) is 0 Å². The molecule has 0 atom stereocenters. The van der Waals surface area contributed by atoms with Gasteiger partial charge in [-0.3, -0.25) is 0 Å². The quantitative estimate of drug-likeness (QED) is 0.808. The van der Waals surface area contributed by atoms with E-state index in [0.717, 1.165) is 0 Å². The molecule has 1 radical (unpaired) electrons. The lowest BCUT2D eigenvalue weighted by Gasteiger charge is -2.12. The van der Waals surface area contributed by atoms with Crippen molar-refractivity contribution in [3.8, 4) is 17.1 Å². The highest BCUT2D eigenvalue weighted by atomic mass is 19.4. The lowest BCUT2D eigenvalue weighted by atomic mass is 10.2. The molecule has 0 aliphatic heterocycles. The number of hydrogen-bond donors (Lipinski definition) is 0. The minimum Gasteiger partial charge on any atom is -0.405 e. The van der Waals surface area contributed by atoms with Gasteiger partial charge >= 0.3 is 6.36 Å². The van der Waals surface area contributed by atoms with Crippen molar-refractivity contribution in [1.82, 2.24) is 9.55 Å². The van der Waals surface area contributed by atoms with E-state index in [2.05, 4.69) is 15.9 Å². The fourth-order valence-corrected chi connectivity index (χ4v) is 1.43. The molecule has 0 bridgehead atoms. The van der Waals surface area contributed by atoms with Gasteiger partial charge in [-0.05, 0) is 12.1 Å². The summed E-state index contributed by atoms with van der Waals surface area (Å²) in [4.78, 5) is 3.87. The molecule has 3 nitrogen and oxygen atoms in total. The van der Waals surface area contributed by atoms with Gasteiger partial charge in [-0.25, -0.2) is 4.98 Å². The number of halogens is 3. The van der Waals surface area contributed by atoms with Gasteiger partial charge in [0.05, 0.1) is 5.56 Å². The van der Waals surface area contributed by atoms with Crippen LogP contribution in [-0.2, 0) is 7.05 Å². The number of imidazole rings is 1. The first-order valence-electron chi connectivity index (χ1n) is 4.72. The second-order valence-corrected chi connectivity index (χ2v) is 3.35. The molecule has 0 spiro atoms. The maximum atomic E-state index is 12.2. The zero-order valence-corrected chi connectivity index (χ0v) is 8.82. The van der Waals surface area contributed by atoms with Gasteiger partial charge in [0.2, 0.25) is 0 Å². The van der Waals surface area contributed by atoms with Crippen LogP contribution in [-0.4, -0.2) is 15.9 Å². The molecule has 0 N–H and O–H groups in total. The van der Waals surface area contributed by atoms with Gasteiger partial charge < -0.3 is 9.30 Å². The van der Waals surface area contributed by atoms with E-state index in [9.17, 15) is 13.2 Å². The van der Waals surface area contributed by atoms with Crippen LogP contribution in [0, 0.1) is 6.20 Å². The molecule has 89 valence electrons. The highest BCUT2D eigenvalue weighted by Crippen LogP contribution is 2.32. The molecular weight excluding hydrogens is 233 g/mol. The summed E-state index contributed by atoms with van der Waals surface area (Å²) >= 11 is 0. The molecule has 0 amide bonds. The van der Waals surface area contributed by atoms with E-state index < -0.39 is 6.36 Å². The predicted octanol–water partition coefficient (Wildman–Crippen LogP) is 2.79. The zero-order valence-electron chi connectivity index (χ0n) is 8.82. The summed E-state index contributed by atoms with van der Waals surface area (Å²) < 4.78 is 42.1. The first-order chi connectivity index (χ1) is 7.97. The number of benzene rings is 1. The summed E-state index contributed by atoms with van der Waals surface area (Å²) in [6.07, 6.45) is -0.627. The Hall–Kier alpha value is -1.98. The van der Waals surface area contributed by atoms with Gasteiger partial charge in [0.25, 0.3) is 0 Å². The molecule has 1 aromatic heterocycles. The Kier molecular flexibility index (Phi) is 2.79. The van der Waals surface area contributed by atoms with E-state index >= 15 is 0 Å². The Balaban J connectivity index is 2.45. The molecule has 0 saturated heterocycles. The first-order valence-corrected chi connectivity index (χ1v) is 4.72. The monoisotopic (exact) mass is 241 g/mol. The van der Waals surface area contributed by atoms with Crippen LogP contribution < -0.4 is 4.74 Å². The minimum atomic E-state index is -4.72. The summed E-state index contributed by atoms with van der Waals surface area (Å²) in [6.45, 7) is 0. The van der Waals surface area contributed by atoms with Crippen molar-refractivity contribution >= 4 is 0 Å². The number of aromatic nitrogens is 2. The molecule has 6 heteroatoms. The average molecular weight is 241 g/mol. The molecule has 0 aliphatic carbocycles. The van der Waals surface area contributed by atoms with Gasteiger partial charge in [0, 0.05) is 13.2 Å². The molecular formula is C11H8F3N2O. The first kappa shape index (κ1) is 11.5. The predicted molar refractivity (Wildman–Crippen MR) is 54.2 cm³/mol. The normalized spacial score (nSPS) is 11.5. The van der Waals surface area contributed by atoms with Gasteiger partial charge in [-0.2, -0.15) is 0 Å². The Morgan fingerprint density at radius 3 is 2.59 bits per heavy atom. The van der Waals surface area contributed by atoms with Crippen molar-refractivity contribution < 1.29 is 17.9 Å². The number of rotatable bonds is 2. The SMILES string of the molecule is Cn1c[c]nc1-c1ccccc1OC(F)(F)F. The largest absolute Gasteiger partial charge is 0.573 e. The molecule has 2 aromatic rings. The van der Waals surface area contributed by atoms with Crippen LogP contribution in [0.15, 0.2) is 30.5 Å². The summed E-state index contributed by atoms with van der Waals surface area (Å²) in [5.41, 5.74) is 0.272. The third-order valence-electron chi connectivity index (χ3n) is 2.11. The maximum Gasteiger partial charge on any atom is 0.573 e. The van der Waals surface area contributed by atoms with Crippen LogP contribution in [0.3, 0.4) is 0 Å². The minimum absolute atomic E-state index is 0.272. The maximum absolute atomic E-state index is 12.2. The van der Waals surface area contributed by atoms with Crippen LogP contribution >= 0.6 is 0 Å². The summed E-state index contributed by atoms with van der Waals surface area (Å²) in [7, 11) is 1.67. The second kappa shape index (κ2) is 4.12. The van der Waals surface area contributed by atoms with Crippen molar-refractivity contribution in [2.45, 2.75) is 6.36 Å². The van der Waals surface area contributed by atoms with Crippen molar-refractivity contribution in [2.24, 2.45) is 7.05 Å². The summed E-state index contributed by atoms with van der Waals surface area (Å²) in [5.74, 6) is 0.0903. The lowest BCUT2D eigenvalue weighted by molar-refractivity contribution is -0.274. The number of aryl methyl sites for hydroxylation is 1. The van der Waals surface area contributed by atoms with Gasteiger partial charge in [0.1, 0.15) is 17.8 Å². The van der Waals surface area contributed by atoms with Crippen LogP contribution in [0.25, 0.3) is 11.4 Å². The van der Waals surface area contributed by atoms with Gasteiger partial charge in [-0.15, -0.1) is 13.2 Å². The van der Waals surface area contributed by atoms with Crippen molar-refractivity contribution in [3.05, 3.63) is 36.7 Å². The van der Waals surface area contributed by atoms with Crippen LogP contribution in [0.2, 0.25) is 0 Å². The molecule has 0 aliphatic rings. The highest BCUT2D eigenvalue weighted by Gasteiger charge is 2.32. The number of ether oxygens (including phenoxy) is 1. The average Bonchev–Trinajstić information content (AvgIpc) is 2.63. The topological polar surface area (TPSA) is 27.1 Å². The number of para-hydroxylation sites is 1. The lowest BCUT2D eigenvalue weighted by Crippen LogP contribution is -2.17. The fraction of sp³-hybridized carbons (Fsp3) is 0.182. The van der Waals surface area contributed by atoms with Crippen molar-refractivity contribution in [1.29, 1.82) is 0 Å². The van der Waals surface area contributed by atoms with Crippen LogP contribution in [0.5, 0.6) is 5.75 Å². The number of hydrogen-bond acceptors (Lipinski definition) is 2. The molecule has 1 heterocycles. The standard InChI is InChI=1S/C11H8F3N2O/c1-16-7-6-15-10(16)8-4-2-3-5-9(8)17-11(12,13)14/h2-5,7H,1H3. The van der Waals surface area contributed by atoms with Gasteiger partial charge in [-0.1, -0.05) is 12.1 Å². The summed E-state index contributed by atoms with van der Waals surface area (Å²) in [6, 6.07) is 5.85. The van der Waals surface area contributed by atoms with E-state index in [0.29, 0.717) is 5.82 Å². The molecule has 0 unspecified atom stereocenters. The summed E-state index contributed by atoms with van der Waals surface area (Å²) in [5, 5.41) is 0. The number of alkyl halides is 3. The van der Waals surface area contributed by atoms with E-state index in [-0.39, 0.29) is 11.3 Å². The molecule has 0 fully saturated rings. The van der Waals surface area contributed by atoms with Crippen molar-refractivity contribution in [3.63, 3.8) is 0 Å². The van der Waals surface area contributed by atoms with Gasteiger partial charge in [0.15, 0.2) is 0 Å². The third-order valence-corrected chi connectivity index (χ3v) is 2.11. The smallest absolute Gasteiger partial charge is 0.405 e. The van der Waals surface area contributed by atoms with Crippen LogP contribution in [0.4, 0.5) is 13.2 Å². The fourth-order valence-electron chi connectivity index (χ4n) is 1.43. The molecule has 1 aromatic carbocycles. The zero-order chi connectivity index (χ0) is 12.5. The van der Waals surface area contributed by atoms with Crippen molar-refractivity contribution in [2.75, 3.05) is 0 Å². The third kappa shape index (κ3) is 2.58. The Labute approximate surface area is 95.5 Å². The van der Waals surface area contributed by atoms with E-state index in [1.54, 1.807) is 17.7 Å². The molecule has 17 heavy (non-hydrogen) atoms. The Morgan fingerprint density at radius 2 is 2.00 bits per heavy atom. The van der Waals surface area contributed by atoms with Crippen LogP contribution in [0.1, 0.15) is 0 Å². The van der Waals surface area contributed by atoms with E-state index in [1.807, 2.05) is 0 Å². The number of nitrogens with zero attached hydrogens (tertiary/aromatic N) is 2. The van der Waals surface area contributed by atoms with E-state index in [1.165, 1.54) is 24.4 Å². The highest BCUT2D eigenvalue weighted by molar-refractivity contribution is 5.64. The molecule has 2 rings (SSSR count). The Morgan fingerprint density at radius 1 is 1.29 bits per heavy atom. The second-order valence-electron chi connectivity index (χ2n) is 3.35. The molecule has 0 saturated carbocycles.